The molecule has 0 spiro atoms. The van der Waals surface area contributed by atoms with Crippen molar-refractivity contribution in [2.45, 2.75) is 29.7 Å². The van der Waals surface area contributed by atoms with Gasteiger partial charge in [-0.3, -0.25) is 4.79 Å². The number of ether oxygens (including phenoxy) is 1. The first-order chi connectivity index (χ1) is 10.8. The van der Waals surface area contributed by atoms with E-state index < -0.39 is 9.84 Å². The molecule has 0 aromatic carbocycles. The van der Waals surface area contributed by atoms with E-state index in [0.29, 0.717) is 30.6 Å². The summed E-state index contributed by atoms with van der Waals surface area (Å²) in [5.41, 5.74) is 0. The predicted molar refractivity (Wildman–Crippen MR) is 87.2 cm³/mol. The molecule has 23 heavy (non-hydrogen) atoms. The molecule has 1 saturated heterocycles. The van der Waals surface area contributed by atoms with Gasteiger partial charge >= 0.3 is 0 Å². The van der Waals surface area contributed by atoms with Gasteiger partial charge in [0.25, 0.3) is 0 Å². The lowest BCUT2D eigenvalue weighted by Crippen LogP contribution is -2.33. The molecule has 2 atom stereocenters. The Bertz CT molecular complexity index is 659. The topological polar surface area (TPSA) is 103 Å². The number of nitrogens with zero attached hydrogens (tertiary/aromatic N) is 3. The van der Waals surface area contributed by atoms with Gasteiger partial charge in [-0.2, -0.15) is 0 Å². The Labute approximate surface area is 140 Å². The maximum absolute atomic E-state index is 12.0. The van der Waals surface area contributed by atoms with Crippen LogP contribution < -0.4 is 5.32 Å². The molecule has 1 aromatic rings. The number of aromatic nitrogens is 3. The van der Waals surface area contributed by atoms with Gasteiger partial charge in [0, 0.05) is 26.6 Å². The van der Waals surface area contributed by atoms with E-state index >= 15 is 0 Å². The van der Waals surface area contributed by atoms with Gasteiger partial charge in [0.2, 0.25) is 5.91 Å². The number of thioether (sulfide) groups is 1. The van der Waals surface area contributed by atoms with Crippen LogP contribution in [0.4, 0.5) is 0 Å². The molecule has 1 aromatic heterocycles. The highest BCUT2D eigenvalue weighted by molar-refractivity contribution is 8.00. The van der Waals surface area contributed by atoms with Crippen molar-refractivity contribution in [3.05, 3.63) is 5.82 Å². The zero-order chi connectivity index (χ0) is 17.0. The standard InChI is InChI=1S/C13H22N4O4S2/c1-9(12(18)14-5-6-21-3)22-13-16-15-11(17(13)2)10-4-7-23(19,20)8-10/h9-10H,4-8H2,1-3H3,(H,14,18)/t9-,10-/m1/s1. The Morgan fingerprint density at radius 2 is 2.26 bits per heavy atom. The normalized spacial score (nSPS) is 21.3. The second-order valence-corrected chi connectivity index (χ2v) is 9.08. The van der Waals surface area contributed by atoms with Crippen molar-refractivity contribution in [3.8, 4) is 0 Å². The van der Waals surface area contributed by atoms with Gasteiger partial charge in [0.1, 0.15) is 5.82 Å². The highest BCUT2D eigenvalue weighted by atomic mass is 32.2. The summed E-state index contributed by atoms with van der Waals surface area (Å²) in [4.78, 5) is 12.0. The van der Waals surface area contributed by atoms with Crippen LogP contribution in [0.1, 0.15) is 25.1 Å². The van der Waals surface area contributed by atoms with Crippen LogP contribution in [0, 0.1) is 0 Å². The zero-order valence-corrected chi connectivity index (χ0v) is 15.1. The van der Waals surface area contributed by atoms with E-state index in [9.17, 15) is 13.2 Å². The molecule has 2 heterocycles. The van der Waals surface area contributed by atoms with Crippen LogP contribution in [-0.2, 0) is 26.4 Å². The average Bonchev–Trinajstić information content (AvgIpc) is 3.02. The number of hydrogen-bond acceptors (Lipinski definition) is 7. The molecule has 10 heteroatoms. The van der Waals surface area contributed by atoms with Gasteiger partial charge < -0.3 is 14.6 Å². The fourth-order valence-electron chi connectivity index (χ4n) is 2.41. The lowest BCUT2D eigenvalue weighted by atomic mass is 10.1. The van der Waals surface area contributed by atoms with E-state index in [4.69, 9.17) is 4.74 Å². The van der Waals surface area contributed by atoms with Gasteiger partial charge in [-0.05, 0) is 13.3 Å². The molecule has 1 aliphatic rings. The molecule has 8 nitrogen and oxygen atoms in total. The minimum atomic E-state index is -2.96. The molecule has 0 radical (unpaired) electrons. The lowest BCUT2D eigenvalue weighted by molar-refractivity contribution is -0.120. The summed E-state index contributed by atoms with van der Waals surface area (Å²) in [7, 11) is 0.417. The molecule has 0 aliphatic carbocycles. The minimum Gasteiger partial charge on any atom is -0.383 e. The molecular formula is C13H22N4O4S2. The number of sulfone groups is 1. The van der Waals surface area contributed by atoms with Gasteiger partial charge in [0.15, 0.2) is 15.0 Å². The predicted octanol–water partition coefficient (Wildman–Crippen LogP) is -0.0396. The number of carbonyl (C=O) groups excluding carboxylic acids is 1. The number of hydrogen-bond donors (Lipinski definition) is 1. The summed E-state index contributed by atoms with van der Waals surface area (Å²) < 4.78 is 29.9. The van der Waals surface area contributed by atoms with Crippen LogP contribution in [-0.4, -0.2) is 66.1 Å². The summed E-state index contributed by atoms with van der Waals surface area (Å²) in [6.45, 7) is 2.72. The Morgan fingerprint density at radius 1 is 1.52 bits per heavy atom. The highest BCUT2D eigenvalue weighted by Gasteiger charge is 2.33. The van der Waals surface area contributed by atoms with Crippen molar-refractivity contribution >= 4 is 27.5 Å². The molecular weight excluding hydrogens is 340 g/mol. The summed E-state index contributed by atoms with van der Waals surface area (Å²) in [5.74, 6) is 0.778. The second-order valence-electron chi connectivity index (χ2n) is 5.54. The molecule has 1 amide bonds. The van der Waals surface area contributed by atoms with Gasteiger partial charge in [-0.25, -0.2) is 8.42 Å². The van der Waals surface area contributed by atoms with E-state index in [1.165, 1.54) is 11.8 Å². The zero-order valence-electron chi connectivity index (χ0n) is 13.5. The molecule has 2 rings (SSSR count). The summed E-state index contributed by atoms with van der Waals surface area (Å²) in [5, 5.41) is 11.3. The Hall–Kier alpha value is -1.13. The number of amides is 1. The first-order valence-corrected chi connectivity index (χ1v) is 10.1. The van der Waals surface area contributed by atoms with Crippen LogP contribution >= 0.6 is 11.8 Å². The van der Waals surface area contributed by atoms with E-state index in [-0.39, 0.29) is 28.6 Å². The third kappa shape index (κ3) is 4.67. The highest BCUT2D eigenvalue weighted by Crippen LogP contribution is 2.30. The second kappa shape index (κ2) is 7.63. The van der Waals surface area contributed by atoms with Crippen molar-refractivity contribution < 1.29 is 17.9 Å². The molecule has 0 bridgehead atoms. The maximum atomic E-state index is 12.0. The molecule has 130 valence electrons. The van der Waals surface area contributed by atoms with Crippen LogP contribution in [0.3, 0.4) is 0 Å². The minimum absolute atomic E-state index is 0.0972. The largest absolute Gasteiger partial charge is 0.383 e. The summed E-state index contributed by atoms with van der Waals surface area (Å²) >= 11 is 1.30. The van der Waals surface area contributed by atoms with Crippen LogP contribution in [0.15, 0.2) is 5.16 Å². The fourth-order valence-corrected chi connectivity index (χ4v) is 5.00. The molecule has 1 N–H and O–H groups in total. The third-order valence-corrected chi connectivity index (χ3v) is 6.62. The fraction of sp³-hybridized carbons (Fsp3) is 0.769. The summed E-state index contributed by atoms with van der Waals surface area (Å²) in [6.07, 6.45) is 0.575. The van der Waals surface area contributed by atoms with E-state index in [1.54, 1.807) is 25.6 Å². The Morgan fingerprint density at radius 3 is 2.87 bits per heavy atom. The smallest absolute Gasteiger partial charge is 0.233 e. The van der Waals surface area contributed by atoms with Crippen LogP contribution in [0.2, 0.25) is 0 Å². The summed E-state index contributed by atoms with van der Waals surface area (Å²) in [6, 6.07) is 0. The quantitative estimate of drug-likeness (QED) is 0.536. The monoisotopic (exact) mass is 362 g/mol. The van der Waals surface area contributed by atoms with E-state index in [2.05, 4.69) is 15.5 Å². The van der Waals surface area contributed by atoms with Gasteiger partial charge in [-0.1, -0.05) is 11.8 Å². The number of carbonyl (C=O) groups is 1. The van der Waals surface area contributed by atoms with Crippen molar-refractivity contribution in [2.24, 2.45) is 7.05 Å². The van der Waals surface area contributed by atoms with Crippen molar-refractivity contribution in [3.63, 3.8) is 0 Å². The van der Waals surface area contributed by atoms with E-state index in [0.717, 1.165) is 0 Å². The number of rotatable bonds is 7. The van der Waals surface area contributed by atoms with Crippen LogP contribution in [0.25, 0.3) is 0 Å². The molecule has 1 aliphatic heterocycles. The molecule has 0 unspecified atom stereocenters. The number of nitrogens with one attached hydrogen (secondary N) is 1. The van der Waals surface area contributed by atoms with Crippen molar-refractivity contribution in [1.82, 2.24) is 20.1 Å². The Balaban J connectivity index is 1.98. The molecule has 1 fully saturated rings. The van der Waals surface area contributed by atoms with Crippen LogP contribution in [0.5, 0.6) is 0 Å². The third-order valence-electron chi connectivity index (χ3n) is 3.72. The number of methoxy groups -OCH3 is 1. The SMILES string of the molecule is COCCNC(=O)[C@@H](C)Sc1nnc([C@@H]2CCS(=O)(=O)C2)n1C. The van der Waals surface area contributed by atoms with Gasteiger partial charge in [-0.15, -0.1) is 10.2 Å². The lowest BCUT2D eigenvalue weighted by Gasteiger charge is -2.12. The first-order valence-electron chi connectivity index (χ1n) is 7.37. The van der Waals surface area contributed by atoms with E-state index in [1.807, 2.05) is 0 Å². The van der Waals surface area contributed by atoms with Crippen molar-refractivity contribution in [2.75, 3.05) is 31.8 Å². The average molecular weight is 362 g/mol. The molecule has 0 saturated carbocycles. The maximum Gasteiger partial charge on any atom is 0.233 e. The Kier molecular flexibility index (Phi) is 6.04. The first kappa shape index (κ1) is 18.2. The van der Waals surface area contributed by atoms with Crippen molar-refractivity contribution in [1.29, 1.82) is 0 Å². The van der Waals surface area contributed by atoms with Gasteiger partial charge in [0.05, 0.1) is 23.4 Å².